The Balaban J connectivity index is 0.000000254. The van der Waals surface area contributed by atoms with Crippen LogP contribution in [0.1, 0.15) is 144 Å². The third-order valence-electron chi connectivity index (χ3n) is 10.7. The highest BCUT2D eigenvalue weighted by atomic mass is 14.5. The lowest BCUT2D eigenvalue weighted by Crippen LogP contribution is -2.42. The lowest BCUT2D eigenvalue weighted by atomic mass is 9.56. The Labute approximate surface area is 197 Å². The van der Waals surface area contributed by atoms with E-state index in [4.69, 9.17) is 0 Å². The van der Waals surface area contributed by atoms with Gasteiger partial charge in [-0.15, -0.1) is 0 Å². The molecule has 0 amide bonds. The summed E-state index contributed by atoms with van der Waals surface area (Å²) < 4.78 is 0. The maximum absolute atomic E-state index is 2.61. The average Bonchev–Trinajstić information content (AvgIpc) is 3.26. The molecule has 0 radical (unpaired) electrons. The quantitative estimate of drug-likeness (QED) is 0.393. The van der Waals surface area contributed by atoms with E-state index in [0.29, 0.717) is 0 Å². The smallest absolute Gasteiger partial charge is 0.0324 e. The minimum atomic E-state index is 1.01. The predicted octanol–water partition coefficient (Wildman–Crippen LogP) is 10.3. The Bertz CT molecular complexity index is 472. The lowest BCUT2D eigenvalue weighted by Gasteiger charge is -2.50. The van der Waals surface area contributed by atoms with Crippen LogP contribution in [0.5, 0.6) is 0 Å². The monoisotopic (exact) mass is 430 g/mol. The lowest BCUT2D eigenvalue weighted by molar-refractivity contribution is -0.00540. The number of rotatable bonds is 6. The Hall–Kier alpha value is 0. The first-order chi connectivity index (χ1) is 15.1. The molecule has 7 unspecified atom stereocenters. The molecule has 0 heterocycles. The molecule has 0 spiro atoms. The van der Waals surface area contributed by atoms with Crippen molar-refractivity contribution in [3.63, 3.8) is 0 Å². The third kappa shape index (κ3) is 6.99. The summed E-state index contributed by atoms with van der Waals surface area (Å²) in [6, 6.07) is 0. The van der Waals surface area contributed by atoms with Crippen LogP contribution in [0.4, 0.5) is 0 Å². The molecule has 0 aromatic heterocycles. The van der Waals surface area contributed by atoms with Gasteiger partial charge in [0.1, 0.15) is 0 Å². The second kappa shape index (κ2) is 13.0. The highest BCUT2D eigenvalue weighted by Gasteiger charge is 2.47. The zero-order chi connectivity index (χ0) is 22.2. The first kappa shape index (κ1) is 25.6. The van der Waals surface area contributed by atoms with Gasteiger partial charge < -0.3 is 0 Å². The number of unbranched alkanes of at least 4 members (excludes halogenated alkanes) is 1. The van der Waals surface area contributed by atoms with Crippen molar-refractivity contribution in [3.05, 3.63) is 0 Å². The van der Waals surface area contributed by atoms with Crippen molar-refractivity contribution in [2.45, 2.75) is 144 Å². The minimum Gasteiger partial charge on any atom is -0.0654 e. The second-order valence-electron chi connectivity index (χ2n) is 12.7. The van der Waals surface area contributed by atoms with Crippen LogP contribution in [-0.2, 0) is 0 Å². The predicted molar refractivity (Wildman–Crippen MR) is 138 cm³/mol. The highest BCUT2D eigenvalue weighted by Crippen LogP contribution is 2.56. The van der Waals surface area contributed by atoms with Gasteiger partial charge in [0, 0.05) is 0 Å². The summed E-state index contributed by atoms with van der Waals surface area (Å²) >= 11 is 0. The van der Waals surface area contributed by atoms with Crippen LogP contribution in [0, 0.1) is 53.3 Å². The molecule has 0 N–H and O–H groups in total. The molecule has 182 valence electrons. The average molecular weight is 431 g/mol. The van der Waals surface area contributed by atoms with Gasteiger partial charge in [-0.05, 0) is 78.9 Å². The van der Waals surface area contributed by atoms with E-state index in [9.17, 15) is 0 Å². The van der Waals surface area contributed by atoms with Crippen molar-refractivity contribution in [1.82, 2.24) is 0 Å². The van der Waals surface area contributed by atoms with Crippen LogP contribution in [0.2, 0.25) is 0 Å². The summed E-state index contributed by atoms with van der Waals surface area (Å²) in [6.45, 7) is 12.1. The molecule has 0 aliphatic heterocycles. The van der Waals surface area contributed by atoms with Crippen LogP contribution in [0.3, 0.4) is 0 Å². The Kier molecular flexibility index (Phi) is 10.8. The molecule has 0 nitrogen and oxygen atoms in total. The first-order valence-electron chi connectivity index (χ1n) is 15.1. The topological polar surface area (TPSA) is 0 Å². The zero-order valence-electron chi connectivity index (χ0n) is 22.2. The van der Waals surface area contributed by atoms with Gasteiger partial charge in [-0.2, -0.15) is 0 Å². The molecule has 0 aromatic carbocycles. The van der Waals surface area contributed by atoms with Crippen molar-refractivity contribution in [2.75, 3.05) is 0 Å². The van der Waals surface area contributed by atoms with Crippen molar-refractivity contribution in [2.24, 2.45) is 53.3 Å². The maximum Gasteiger partial charge on any atom is -0.0324 e. The summed E-state index contributed by atoms with van der Waals surface area (Å²) in [5.41, 5.74) is 0. The van der Waals surface area contributed by atoms with Crippen LogP contribution in [-0.4, -0.2) is 0 Å². The van der Waals surface area contributed by atoms with Gasteiger partial charge >= 0.3 is 0 Å². The summed E-state index contributed by atoms with van der Waals surface area (Å²) in [6.07, 6.45) is 25.7. The van der Waals surface area contributed by atoms with Gasteiger partial charge in [0.25, 0.3) is 0 Å². The molecule has 4 aliphatic rings. The van der Waals surface area contributed by atoms with Gasteiger partial charge in [-0.25, -0.2) is 0 Å². The summed E-state index contributed by atoms with van der Waals surface area (Å²) in [5.74, 6) is 9.67. The number of hydrogen-bond donors (Lipinski definition) is 0. The largest absolute Gasteiger partial charge is 0.0654 e. The van der Waals surface area contributed by atoms with Crippen LogP contribution in [0.15, 0.2) is 0 Å². The van der Waals surface area contributed by atoms with E-state index >= 15 is 0 Å². The fourth-order valence-corrected chi connectivity index (χ4v) is 8.62. The van der Waals surface area contributed by atoms with Crippen LogP contribution >= 0.6 is 0 Å². The molecule has 0 saturated heterocycles. The molecule has 31 heavy (non-hydrogen) atoms. The zero-order valence-corrected chi connectivity index (χ0v) is 22.2. The van der Waals surface area contributed by atoms with Crippen molar-refractivity contribution in [1.29, 1.82) is 0 Å². The Morgan fingerprint density at radius 1 is 0.645 bits per heavy atom. The van der Waals surface area contributed by atoms with E-state index in [1.807, 2.05) is 0 Å². The minimum absolute atomic E-state index is 1.01. The molecule has 0 bridgehead atoms. The van der Waals surface area contributed by atoms with Crippen LogP contribution in [0.25, 0.3) is 0 Å². The van der Waals surface area contributed by atoms with E-state index in [1.165, 1.54) is 64.2 Å². The van der Waals surface area contributed by atoms with Gasteiger partial charge in [0.05, 0.1) is 0 Å². The Morgan fingerprint density at radius 3 is 2.00 bits per heavy atom. The molecule has 4 fully saturated rings. The van der Waals surface area contributed by atoms with Gasteiger partial charge in [-0.3, -0.25) is 0 Å². The Morgan fingerprint density at radius 2 is 1.32 bits per heavy atom. The fraction of sp³-hybridized carbons (Fsp3) is 1.00. The summed E-state index contributed by atoms with van der Waals surface area (Å²) in [4.78, 5) is 0. The number of hydrogen-bond acceptors (Lipinski definition) is 0. The maximum atomic E-state index is 2.61. The molecular weight excluding hydrogens is 372 g/mol. The molecule has 4 rings (SSSR count). The van der Waals surface area contributed by atoms with E-state index in [2.05, 4.69) is 34.6 Å². The molecule has 7 atom stereocenters. The van der Waals surface area contributed by atoms with E-state index in [-0.39, 0.29) is 0 Å². The SMILES string of the molecule is CCC1CCC(C)CC1.CCCCC1C(C)CC2CCCC2C1C1CCCC(CC)C1. The molecule has 0 aromatic rings. The first-order valence-corrected chi connectivity index (χ1v) is 15.1. The summed E-state index contributed by atoms with van der Waals surface area (Å²) in [7, 11) is 0. The second-order valence-corrected chi connectivity index (χ2v) is 12.7. The normalized spacial score (nSPS) is 43.1. The fourth-order valence-electron chi connectivity index (χ4n) is 8.62. The van der Waals surface area contributed by atoms with E-state index in [1.54, 1.807) is 44.9 Å². The van der Waals surface area contributed by atoms with Crippen molar-refractivity contribution < 1.29 is 0 Å². The third-order valence-corrected chi connectivity index (χ3v) is 10.7. The molecule has 0 heteroatoms. The molecule has 4 saturated carbocycles. The number of fused-ring (bicyclic) bond motifs is 1. The van der Waals surface area contributed by atoms with E-state index < -0.39 is 0 Å². The molecular formula is C31H58. The van der Waals surface area contributed by atoms with Crippen LogP contribution < -0.4 is 0 Å². The summed E-state index contributed by atoms with van der Waals surface area (Å²) in [5, 5.41) is 0. The van der Waals surface area contributed by atoms with Gasteiger partial charge in [0.15, 0.2) is 0 Å². The standard InChI is InChI=1S/C22H40.C9H18/c1-4-6-12-20-16(3)14-18-10-8-13-21(18)22(20)19-11-7-9-17(5-2)15-19;1-3-9-6-4-8(2)5-7-9/h16-22H,4-15H2,1-3H3;8-9H,3-7H2,1-2H3. The molecule has 4 aliphatic carbocycles. The van der Waals surface area contributed by atoms with Crippen molar-refractivity contribution in [3.8, 4) is 0 Å². The highest BCUT2D eigenvalue weighted by molar-refractivity contribution is 4.97. The van der Waals surface area contributed by atoms with Crippen molar-refractivity contribution >= 4 is 0 Å². The van der Waals surface area contributed by atoms with E-state index in [0.717, 1.165) is 53.3 Å². The van der Waals surface area contributed by atoms with Gasteiger partial charge in [0.2, 0.25) is 0 Å². The van der Waals surface area contributed by atoms with Gasteiger partial charge in [-0.1, -0.05) is 118 Å².